The molecule has 2 rings (SSSR count). The summed E-state index contributed by atoms with van der Waals surface area (Å²) < 4.78 is 12.9. The highest BCUT2D eigenvalue weighted by Crippen LogP contribution is 2.20. The summed E-state index contributed by atoms with van der Waals surface area (Å²) in [4.78, 5) is 14.1. The molecule has 1 N–H and O–H groups in total. The average molecular weight is 247 g/mol. The molecule has 0 bridgehead atoms. The Bertz CT molecular complexity index is 575. The topological polar surface area (TPSA) is 68.1 Å². The fraction of sp³-hybridized carbons (Fsp3) is 0.0833. The fourth-order valence-corrected chi connectivity index (χ4v) is 1.51. The summed E-state index contributed by atoms with van der Waals surface area (Å²) in [7, 11) is 0. The molecule has 0 aliphatic rings. The maximum Gasteiger partial charge on any atom is 0.311 e. The fourth-order valence-electron chi connectivity index (χ4n) is 1.51. The number of benzene rings is 1. The molecular formula is C12H10FN3O2. The Kier molecular flexibility index (Phi) is 3.47. The molecule has 1 aromatic heterocycles. The summed E-state index contributed by atoms with van der Waals surface area (Å²) in [5.74, 6) is -0.170. The number of hydrogen-bond acceptors (Lipinski definition) is 4. The van der Waals surface area contributed by atoms with E-state index in [4.69, 9.17) is 0 Å². The van der Waals surface area contributed by atoms with Crippen molar-refractivity contribution in [3.63, 3.8) is 0 Å². The molecule has 0 unspecified atom stereocenters. The monoisotopic (exact) mass is 247 g/mol. The van der Waals surface area contributed by atoms with Gasteiger partial charge in [0.1, 0.15) is 5.82 Å². The van der Waals surface area contributed by atoms with Crippen molar-refractivity contribution in [3.8, 4) is 0 Å². The van der Waals surface area contributed by atoms with Crippen molar-refractivity contribution in [2.24, 2.45) is 0 Å². The van der Waals surface area contributed by atoms with Crippen LogP contribution in [0.25, 0.3) is 0 Å². The Morgan fingerprint density at radius 1 is 1.33 bits per heavy atom. The van der Waals surface area contributed by atoms with E-state index < -0.39 is 4.92 Å². The largest absolute Gasteiger partial charge is 0.360 e. The molecule has 1 aromatic carbocycles. The normalized spacial score (nSPS) is 10.1. The Balaban J connectivity index is 2.13. The van der Waals surface area contributed by atoms with Gasteiger partial charge in [-0.2, -0.15) is 0 Å². The third-order valence-corrected chi connectivity index (χ3v) is 2.33. The lowest BCUT2D eigenvalue weighted by atomic mass is 10.2. The van der Waals surface area contributed by atoms with Crippen LogP contribution in [-0.4, -0.2) is 9.91 Å². The van der Waals surface area contributed by atoms with Gasteiger partial charge in [-0.3, -0.25) is 10.1 Å². The Morgan fingerprint density at radius 3 is 2.89 bits per heavy atom. The summed E-state index contributed by atoms with van der Waals surface area (Å²) in [6.45, 7) is 0.273. The first-order valence-electron chi connectivity index (χ1n) is 5.24. The van der Waals surface area contributed by atoms with Crippen LogP contribution in [0.3, 0.4) is 0 Å². The highest BCUT2D eigenvalue weighted by Gasteiger charge is 2.13. The van der Waals surface area contributed by atoms with Crippen LogP contribution >= 0.6 is 0 Å². The van der Waals surface area contributed by atoms with Gasteiger partial charge >= 0.3 is 5.69 Å². The lowest BCUT2D eigenvalue weighted by molar-refractivity contribution is -0.384. The van der Waals surface area contributed by atoms with Crippen LogP contribution in [0, 0.1) is 15.9 Å². The standard InChI is InChI=1S/C12H10FN3O2/c13-10-4-1-3-9(7-10)8-15-12-11(16(17)18)5-2-6-14-12/h1-7H,8H2,(H,14,15). The van der Waals surface area contributed by atoms with Crippen molar-refractivity contribution < 1.29 is 9.31 Å². The van der Waals surface area contributed by atoms with Gasteiger partial charge in [0, 0.05) is 18.8 Å². The van der Waals surface area contributed by atoms with Crippen LogP contribution in [0.4, 0.5) is 15.9 Å². The first-order valence-corrected chi connectivity index (χ1v) is 5.24. The second kappa shape index (κ2) is 5.22. The molecule has 18 heavy (non-hydrogen) atoms. The van der Waals surface area contributed by atoms with E-state index in [2.05, 4.69) is 10.3 Å². The summed E-state index contributed by atoms with van der Waals surface area (Å²) in [6.07, 6.45) is 1.46. The molecule has 5 nitrogen and oxygen atoms in total. The molecule has 92 valence electrons. The number of nitro groups is 1. The Labute approximate surface area is 102 Å². The number of aromatic nitrogens is 1. The molecule has 0 amide bonds. The molecule has 0 saturated heterocycles. The number of halogens is 1. The van der Waals surface area contributed by atoms with Crippen molar-refractivity contribution in [2.45, 2.75) is 6.54 Å². The maximum absolute atomic E-state index is 12.9. The predicted octanol–water partition coefficient (Wildman–Crippen LogP) is 2.74. The van der Waals surface area contributed by atoms with E-state index in [1.807, 2.05) is 0 Å². The van der Waals surface area contributed by atoms with E-state index in [0.717, 1.165) is 0 Å². The Morgan fingerprint density at radius 2 is 2.17 bits per heavy atom. The van der Waals surface area contributed by atoms with Crippen LogP contribution in [0.15, 0.2) is 42.6 Å². The van der Waals surface area contributed by atoms with Crippen LogP contribution in [-0.2, 0) is 6.54 Å². The molecule has 6 heteroatoms. The SMILES string of the molecule is O=[N+]([O-])c1cccnc1NCc1cccc(F)c1. The first kappa shape index (κ1) is 12.0. The first-order chi connectivity index (χ1) is 8.66. The van der Waals surface area contributed by atoms with Crippen molar-refractivity contribution >= 4 is 11.5 Å². The van der Waals surface area contributed by atoms with E-state index >= 15 is 0 Å². The second-order valence-electron chi connectivity index (χ2n) is 3.61. The van der Waals surface area contributed by atoms with Gasteiger partial charge in [-0.1, -0.05) is 12.1 Å². The van der Waals surface area contributed by atoms with Gasteiger partial charge in [0.05, 0.1) is 4.92 Å². The quantitative estimate of drug-likeness (QED) is 0.666. The third-order valence-electron chi connectivity index (χ3n) is 2.33. The summed E-state index contributed by atoms with van der Waals surface area (Å²) in [6, 6.07) is 8.87. The second-order valence-corrected chi connectivity index (χ2v) is 3.61. The van der Waals surface area contributed by atoms with Crippen LogP contribution in [0.2, 0.25) is 0 Å². The van der Waals surface area contributed by atoms with Crippen molar-refractivity contribution in [2.75, 3.05) is 5.32 Å². The number of pyridine rings is 1. The molecule has 1 heterocycles. The third kappa shape index (κ3) is 2.79. The van der Waals surface area contributed by atoms with E-state index in [9.17, 15) is 14.5 Å². The van der Waals surface area contributed by atoms with Gasteiger partial charge in [-0.15, -0.1) is 0 Å². The zero-order valence-corrected chi connectivity index (χ0v) is 9.34. The lowest BCUT2D eigenvalue weighted by Crippen LogP contribution is -2.04. The van der Waals surface area contributed by atoms with E-state index in [-0.39, 0.29) is 23.9 Å². The van der Waals surface area contributed by atoms with E-state index in [1.54, 1.807) is 12.1 Å². The minimum absolute atomic E-state index is 0.103. The van der Waals surface area contributed by atoms with Crippen LogP contribution in [0.1, 0.15) is 5.56 Å². The number of anilines is 1. The van der Waals surface area contributed by atoms with Crippen molar-refractivity contribution in [1.29, 1.82) is 0 Å². The minimum Gasteiger partial charge on any atom is -0.360 e. The van der Waals surface area contributed by atoms with Gasteiger partial charge in [0.15, 0.2) is 0 Å². The lowest BCUT2D eigenvalue weighted by Gasteiger charge is -2.05. The van der Waals surface area contributed by atoms with Gasteiger partial charge in [-0.05, 0) is 23.8 Å². The van der Waals surface area contributed by atoms with Crippen molar-refractivity contribution in [1.82, 2.24) is 4.98 Å². The van der Waals surface area contributed by atoms with E-state index in [0.29, 0.717) is 5.56 Å². The van der Waals surface area contributed by atoms with Gasteiger partial charge in [-0.25, -0.2) is 9.37 Å². The average Bonchev–Trinajstić information content (AvgIpc) is 2.37. The van der Waals surface area contributed by atoms with Gasteiger partial charge < -0.3 is 5.32 Å². The van der Waals surface area contributed by atoms with Gasteiger partial charge in [0.25, 0.3) is 0 Å². The summed E-state index contributed by atoms with van der Waals surface area (Å²) >= 11 is 0. The highest BCUT2D eigenvalue weighted by molar-refractivity contribution is 5.55. The molecule has 2 aromatic rings. The number of rotatable bonds is 4. The zero-order valence-electron chi connectivity index (χ0n) is 9.34. The maximum atomic E-state index is 12.9. The van der Waals surface area contributed by atoms with E-state index in [1.165, 1.54) is 30.5 Å². The predicted molar refractivity (Wildman–Crippen MR) is 64.6 cm³/mol. The molecule has 0 aliphatic carbocycles. The highest BCUT2D eigenvalue weighted by atomic mass is 19.1. The molecule has 0 atom stereocenters. The van der Waals surface area contributed by atoms with Crippen molar-refractivity contribution in [3.05, 3.63) is 64.1 Å². The summed E-state index contributed by atoms with van der Waals surface area (Å²) in [5.41, 5.74) is 0.587. The smallest absolute Gasteiger partial charge is 0.311 e. The molecule has 0 radical (unpaired) electrons. The molecular weight excluding hydrogens is 237 g/mol. The minimum atomic E-state index is -0.513. The number of hydrogen-bond donors (Lipinski definition) is 1. The zero-order chi connectivity index (χ0) is 13.0. The molecule has 0 saturated carbocycles. The Hall–Kier alpha value is -2.50. The molecule has 0 aliphatic heterocycles. The number of nitrogens with zero attached hydrogens (tertiary/aromatic N) is 2. The summed E-state index contributed by atoms with van der Waals surface area (Å²) in [5, 5.41) is 13.6. The molecule has 0 fully saturated rings. The van der Waals surface area contributed by atoms with Crippen LogP contribution in [0.5, 0.6) is 0 Å². The molecule has 0 spiro atoms. The van der Waals surface area contributed by atoms with Crippen LogP contribution < -0.4 is 5.32 Å². The number of nitrogens with one attached hydrogen (secondary N) is 1. The van der Waals surface area contributed by atoms with Gasteiger partial charge in [0.2, 0.25) is 5.82 Å².